The highest BCUT2D eigenvalue weighted by Gasteiger charge is 2.05. The third-order valence-electron chi connectivity index (χ3n) is 2.00. The van der Waals surface area contributed by atoms with Gasteiger partial charge in [-0.3, -0.25) is 4.79 Å². The first kappa shape index (κ1) is 12.4. The van der Waals surface area contributed by atoms with Crippen molar-refractivity contribution in [2.45, 2.75) is 39.7 Å². The Morgan fingerprint density at radius 2 is 1.92 bits per heavy atom. The minimum Gasteiger partial charge on any atom is -0.468 e. The predicted octanol–water partition coefficient (Wildman–Crippen LogP) is 1.57. The van der Waals surface area contributed by atoms with Crippen LogP contribution in [0, 0.1) is 5.92 Å². The van der Waals surface area contributed by atoms with Crippen molar-refractivity contribution in [3.63, 3.8) is 0 Å². The Hall–Kier alpha value is -0.570. The number of methoxy groups -OCH3 is 1. The number of rotatable bonds is 6. The van der Waals surface area contributed by atoms with Gasteiger partial charge < -0.3 is 10.1 Å². The van der Waals surface area contributed by atoms with Gasteiger partial charge in [0.15, 0.2) is 0 Å². The zero-order valence-electron chi connectivity index (χ0n) is 9.09. The molecule has 0 aliphatic rings. The Labute approximate surface area is 80.8 Å². The maximum Gasteiger partial charge on any atom is 0.319 e. The Balaban J connectivity index is 3.40. The van der Waals surface area contributed by atoms with Gasteiger partial charge >= 0.3 is 5.97 Å². The van der Waals surface area contributed by atoms with E-state index < -0.39 is 0 Å². The summed E-state index contributed by atoms with van der Waals surface area (Å²) in [5.41, 5.74) is 0. The number of nitrogens with one attached hydrogen (secondary N) is 1. The molecule has 1 unspecified atom stereocenters. The highest BCUT2D eigenvalue weighted by atomic mass is 16.5. The average Bonchev–Trinajstić information content (AvgIpc) is 2.10. The van der Waals surface area contributed by atoms with Gasteiger partial charge in [0.25, 0.3) is 0 Å². The van der Waals surface area contributed by atoms with Crippen molar-refractivity contribution in [2.75, 3.05) is 13.7 Å². The van der Waals surface area contributed by atoms with Gasteiger partial charge in [-0.25, -0.2) is 0 Å². The Morgan fingerprint density at radius 3 is 2.38 bits per heavy atom. The van der Waals surface area contributed by atoms with Crippen LogP contribution in [0.5, 0.6) is 0 Å². The zero-order valence-corrected chi connectivity index (χ0v) is 9.09. The van der Waals surface area contributed by atoms with Crippen LogP contribution in [0.2, 0.25) is 0 Å². The molecule has 0 amide bonds. The van der Waals surface area contributed by atoms with Crippen LogP contribution in [-0.4, -0.2) is 25.7 Å². The molecule has 3 heteroatoms. The van der Waals surface area contributed by atoms with Gasteiger partial charge in [-0.2, -0.15) is 0 Å². The minimum atomic E-state index is -0.198. The van der Waals surface area contributed by atoms with Gasteiger partial charge in [-0.05, 0) is 25.7 Å². The molecule has 13 heavy (non-hydrogen) atoms. The third kappa shape index (κ3) is 7.78. The Bertz CT molecular complexity index is 146. The topological polar surface area (TPSA) is 38.3 Å². The maximum atomic E-state index is 10.8. The molecule has 0 spiro atoms. The van der Waals surface area contributed by atoms with Crippen molar-refractivity contribution in [3.05, 3.63) is 0 Å². The first-order valence-electron chi connectivity index (χ1n) is 4.86. The summed E-state index contributed by atoms with van der Waals surface area (Å²) in [5, 5.41) is 3.11. The summed E-state index contributed by atoms with van der Waals surface area (Å²) in [6, 6.07) is 0.390. The molecule has 0 fully saturated rings. The van der Waals surface area contributed by atoms with E-state index in [9.17, 15) is 4.79 Å². The number of hydrogen-bond donors (Lipinski definition) is 1. The van der Waals surface area contributed by atoms with Crippen molar-refractivity contribution < 1.29 is 9.53 Å². The average molecular weight is 187 g/mol. The molecule has 0 aromatic carbocycles. The van der Waals surface area contributed by atoms with Crippen LogP contribution >= 0.6 is 0 Å². The van der Waals surface area contributed by atoms with E-state index in [2.05, 4.69) is 30.8 Å². The van der Waals surface area contributed by atoms with Crippen LogP contribution < -0.4 is 5.32 Å². The van der Waals surface area contributed by atoms with E-state index in [1.807, 2.05) is 0 Å². The molecule has 0 saturated heterocycles. The van der Waals surface area contributed by atoms with Crippen LogP contribution in [0.4, 0.5) is 0 Å². The summed E-state index contributed by atoms with van der Waals surface area (Å²) >= 11 is 0. The van der Waals surface area contributed by atoms with Crippen LogP contribution in [0.25, 0.3) is 0 Å². The lowest BCUT2D eigenvalue weighted by molar-refractivity contribution is -0.139. The van der Waals surface area contributed by atoms with Gasteiger partial charge in [0, 0.05) is 6.04 Å². The van der Waals surface area contributed by atoms with Gasteiger partial charge in [-0.15, -0.1) is 0 Å². The van der Waals surface area contributed by atoms with E-state index in [0.29, 0.717) is 12.6 Å². The lowest BCUT2D eigenvalue weighted by Gasteiger charge is -2.13. The summed E-state index contributed by atoms with van der Waals surface area (Å²) in [6.07, 6.45) is 2.30. The number of carbonyl (C=O) groups is 1. The van der Waals surface area contributed by atoms with Crippen LogP contribution in [-0.2, 0) is 9.53 Å². The van der Waals surface area contributed by atoms with E-state index in [0.717, 1.165) is 12.3 Å². The fraction of sp³-hybridized carbons (Fsp3) is 0.900. The van der Waals surface area contributed by atoms with Crippen molar-refractivity contribution in [1.82, 2.24) is 5.32 Å². The number of ether oxygens (including phenoxy) is 1. The fourth-order valence-corrected chi connectivity index (χ4v) is 1.02. The van der Waals surface area contributed by atoms with E-state index in [4.69, 9.17) is 0 Å². The SMILES string of the molecule is COC(=O)CNC(C)CCC(C)C. The van der Waals surface area contributed by atoms with Crippen molar-refractivity contribution in [2.24, 2.45) is 5.92 Å². The molecule has 0 aliphatic carbocycles. The lowest BCUT2D eigenvalue weighted by Crippen LogP contribution is -2.32. The van der Waals surface area contributed by atoms with Crippen molar-refractivity contribution >= 4 is 5.97 Å². The van der Waals surface area contributed by atoms with Gasteiger partial charge in [-0.1, -0.05) is 13.8 Å². The predicted molar refractivity (Wildman–Crippen MR) is 53.6 cm³/mol. The zero-order chi connectivity index (χ0) is 10.3. The summed E-state index contributed by atoms with van der Waals surface area (Å²) in [5.74, 6) is 0.527. The molecule has 1 N–H and O–H groups in total. The lowest BCUT2D eigenvalue weighted by atomic mass is 10.0. The van der Waals surface area contributed by atoms with Crippen LogP contribution in [0.15, 0.2) is 0 Å². The second-order valence-electron chi connectivity index (χ2n) is 3.83. The van der Waals surface area contributed by atoms with Crippen molar-refractivity contribution in [1.29, 1.82) is 0 Å². The summed E-state index contributed by atoms with van der Waals surface area (Å²) < 4.78 is 4.52. The van der Waals surface area contributed by atoms with Gasteiger partial charge in [0.1, 0.15) is 0 Å². The first-order chi connectivity index (χ1) is 6.06. The van der Waals surface area contributed by atoms with E-state index in [1.165, 1.54) is 13.5 Å². The molecule has 0 aliphatic heterocycles. The molecule has 0 radical (unpaired) electrons. The molecule has 0 heterocycles. The van der Waals surface area contributed by atoms with Crippen LogP contribution in [0.1, 0.15) is 33.6 Å². The monoisotopic (exact) mass is 187 g/mol. The highest BCUT2D eigenvalue weighted by molar-refractivity contribution is 5.71. The second kappa shape index (κ2) is 6.89. The standard InChI is InChI=1S/C10H21NO2/c1-8(2)5-6-9(3)11-7-10(12)13-4/h8-9,11H,5-7H2,1-4H3. The molecule has 0 bridgehead atoms. The van der Waals surface area contributed by atoms with Gasteiger partial charge in [0.2, 0.25) is 0 Å². The van der Waals surface area contributed by atoms with E-state index >= 15 is 0 Å². The van der Waals surface area contributed by atoms with Crippen molar-refractivity contribution in [3.8, 4) is 0 Å². The molecule has 78 valence electrons. The summed E-state index contributed by atoms with van der Waals surface area (Å²) in [4.78, 5) is 10.8. The Kier molecular flexibility index (Phi) is 6.59. The number of esters is 1. The quantitative estimate of drug-likeness (QED) is 0.641. The molecule has 0 aromatic rings. The molecular weight excluding hydrogens is 166 g/mol. The largest absolute Gasteiger partial charge is 0.468 e. The molecular formula is C10H21NO2. The first-order valence-corrected chi connectivity index (χ1v) is 4.86. The van der Waals surface area contributed by atoms with Gasteiger partial charge in [0.05, 0.1) is 13.7 Å². The number of carbonyl (C=O) groups excluding carboxylic acids is 1. The molecule has 1 atom stereocenters. The molecule has 3 nitrogen and oxygen atoms in total. The smallest absolute Gasteiger partial charge is 0.319 e. The molecule has 0 rings (SSSR count). The molecule has 0 aromatic heterocycles. The Morgan fingerprint density at radius 1 is 1.31 bits per heavy atom. The van der Waals surface area contributed by atoms with E-state index in [1.54, 1.807) is 0 Å². The maximum absolute atomic E-state index is 10.8. The number of hydrogen-bond acceptors (Lipinski definition) is 3. The normalized spacial score (nSPS) is 13.0. The summed E-state index contributed by atoms with van der Waals surface area (Å²) in [6.45, 7) is 6.81. The highest BCUT2D eigenvalue weighted by Crippen LogP contribution is 2.05. The van der Waals surface area contributed by atoms with E-state index in [-0.39, 0.29) is 5.97 Å². The summed E-state index contributed by atoms with van der Waals surface area (Å²) in [7, 11) is 1.41. The second-order valence-corrected chi connectivity index (χ2v) is 3.83. The fourth-order valence-electron chi connectivity index (χ4n) is 1.02. The minimum absolute atomic E-state index is 0.198. The van der Waals surface area contributed by atoms with Crippen LogP contribution in [0.3, 0.4) is 0 Å². The molecule has 0 saturated carbocycles. The third-order valence-corrected chi connectivity index (χ3v) is 2.00.